The molecule has 0 heterocycles. The van der Waals surface area contributed by atoms with E-state index in [0.717, 1.165) is 51.4 Å². The molecule has 110 valence electrons. The Morgan fingerprint density at radius 1 is 0.889 bits per heavy atom. The van der Waals surface area contributed by atoms with Crippen molar-refractivity contribution in [2.75, 3.05) is 6.61 Å². The molecule has 0 aromatic heterocycles. The van der Waals surface area contributed by atoms with Gasteiger partial charge in [-0.25, -0.2) is 0 Å². The summed E-state index contributed by atoms with van der Waals surface area (Å²) >= 11 is 0. The Bertz CT molecular complexity index is 275. The van der Waals surface area contributed by atoms with Crippen LogP contribution in [-0.4, -0.2) is 29.9 Å². The molecule has 1 unspecified atom stereocenters. The van der Waals surface area contributed by atoms with Crippen LogP contribution in [0.4, 0.5) is 0 Å². The Kier molecular flexibility index (Phi) is 10.7. The Morgan fingerprint density at radius 2 is 1.39 bits per heavy atom. The van der Waals surface area contributed by atoms with Gasteiger partial charge < -0.3 is 5.11 Å². The number of aliphatic hydroxyl groups is 1. The molecule has 18 heavy (non-hydrogen) atoms. The lowest BCUT2D eigenvalue weighted by molar-refractivity contribution is 0.282. The van der Waals surface area contributed by atoms with E-state index >= 15 is 0 Å². The Hall–Kier alpha value is -0.130. The summed E-state index contributed by atoms with van der Waals surface area (Å²) in [7, 11) is -3.88. The molecule has 0 aromatic carbocycles. The molecular weight excluding hydrogens is 252 g/mol. The summed E-state index contributed by atoms with van der Waals surface area (Å²) in [6.45, 7) is 2.30. The molecular formula is C13H28O4S. The van der Waals surface area contributed by atoms with Crippen LogP contribution < -0.4 is 0 Å². The van der Waals surface area contributed by atoms with Gasteiger partial charge in [-0.1, -0.05) is 51.9 Å². The number of aliphatic hydroxyl groups excluding tert-OH is 1. The van der Waals surface area contributed by atoms with E-state index in [1.54, 1.807) is 0 Å². The normalized spacial score (nSPS) is 13.7. The Morgan fingerprint density at radius 3 is 1.89 bits per heavy atom. The fourth-order valence-electron chi connectivity index (χ4n) is 2.08. The van der Waals surface area contributed by atoms with Crippen LogP contribution in [0, 0.1) is 0 Å². The first kappa shape index (κ1) is 17.9. The zero-order valence-electron chi connectivity index (χ0n) is 11.5. The predicted molar refractivity (Wildman–Crippen MR) is 74.3 cm³/mol. The number of hydrogen-bond acceptors (Lipinski definition) is 3. The van der Waals surface area contributed by atoms with Gasteiger partial charge in [-0.2, -0.15) is 8.42 Å². The Labute approximate surface area is 112 Å². The number of rotatable bonds is 12. The van der Waals surface area contributed by atoms with Gasteiger partial charge in [0.05, 0.1) is 5.25 Å². The largest absolute Gasteiger partial charge is 0.396 e. The van der Waals surface area contributed by atoms with E-state index in [4.69, 9.17) is 9.66 Å². The minimum Gasteiger partial charge on any atom is -0.396 e. The zero-order valence-corrected chi connectivity index (χ0v) is 12.3. The predicted octanol–water partition coefficient (Wildman–Crippen LogP) is 3.16. The Balaban J connectivity index is 3.81. The van der Waals surface area contributed by atoms with E-state index in [2.05, 4.69) is 6.92 Å². The van der Waals surface area contributed by atoms with Gasteiger partial charge in [0.2, 0.25) is 0 Å². The highest BCUT2D eigenvalue weighted by atomic mass is 32.2. The van der Waals surface area contributed by atoms with Crippen molar-refractivity contribution >= 4 is 10.1 Å². The molecule has 0 aromatic rings. The molecule has 0 aliphatic heterocycles. The summed E-state index contributed by atoms with van der Waals surface area (Å²) in [4.78, 5) is 0. The van der Waals surface area contributed by atoms with Crippen molar-refractivity contribution in [1.29, 1.82) is 0 Å². The van der Waals surface area contributed by atoms with Crippen molar-refractivity contribution in [2.45, 2.75) is 76.4 Å². The number of hydrogen-bond donors (Lipinski definition) is 2. The van der Waals surface area contributed by atoms with Crippen molar-refractivity contribution < 1.29 is 18.1 Å². The first-order valence-electron chi connectivity index (χ1n) is 7.09. The van der Waals surface area contributed by atoms with Crippen molar-refractivity contribution in [3.05, 3.63) is 0 Å². The van der Waals surface area contributed by atoms with Gasteiger partial charge in [0.15, 0.2) is 0 Å². The van der Waals surface area contributed by atoms with E-state index in [-0.39, 0.29) is 6.61 Å². The molecule has 0 bridgehead atoms. The van der Waals surface area contributed by atoms with Gasteiger partial charge >= 0.3 is 0 Å². The second kappa shape index (κ2) is 10.8. The minimum atomic E-state index is -3.88. The van der Waals surface area contributed by atoms with E-state index in [1.165, 1.54) is 0 Å². The maximum atomic E-state index is 11.2. The van der Waals surface area contributed by atoms with Gasteiger partial charge in [-0.05, 0) is 19.3 Å². The van der Waals surface area contributed by atoms with Crippen LogP contribution in [0.3, 0.4) is 0 Å². The fraction of sp³-hybridized carbons (Fsp3) is 1.00. The first-order valence-corrected chi connectivity index (χ1v) is 8.59. The van der Waals surface area contributed by atoms with Crippen LogP contribution in [0.5, 0.6) is 0 Å². The maximum absolute atomic E-state index is 11.2. The van der Waals surface area contributed by atoms with E-state index < -0.39 is 15.4 Å². The summed E-state index contributed by atoms with van der Waals surface area (Å²) in [5, 5.41) is 8.04. The summed E-state index contributed by atoms with van der Waals surface area (Å²) in [5.74, 6) is 0. The molecule has 4 nitrogen and oxygen atoms in total. The van der Waals surface area contributed by atoms with Gasteiger partial charge in [-0.15, -0.1) is 0 Å². The van der Waals surface area contributed by atoms with Crippen LogP contribution in [0.15, 0.2) is 0 Å². The summed E-state index contributed by atoms with van der Waals surface area (Å²) < 4.78 is 31.6. The molecule has 0 amide bonds. The lowest BCUT2D eigenvalue weighted by Gasteiger charge is -2.13. The third-order valence-corrected chi connectivity index (χ3v) is 4.55. The third-order valence-electron chi connectivity index (χ3n) is 3.24. The average Bonchev–Trinajstić information content (AvgIpc) is 2.30. The molecule has 0 fully saturated rings. The zero-order chi connectivity index (χ0) is 13.9. The van der Waals surface area contributed by atoms with Gasteiger partial charge in [0, 0.05) is 6.61 Å². The highest BCUT2D eigenvalue weighted by Crippen LogP contribution is 2.18. The molecule has 0 saturated heterocycles. The van der Waals surface area contributed by atoms with Crippen LogP contribution >= 0.6 is 0 Å². The number of unbranched alkanes of at least 4 members (excludes halogenated alkanes) is 6. The molecule has 0 spiro atoms. The van der Waals surface area contributed by atoms with Crippen molar-refractivity contribution in [3.63, 3.8) is 0 Å². The molecule has 2 N–H and O–H groups in total. The quantitative estimate of drug-likeness (QED) is 0.425. The second-order valence-electron chi connectivity index (χ2n) is 4.91. The first-order chi connectivity index (χ1) is 8.52. The molecule has 0 radical (unpaired) electrons. The van der Waals surface area contributed by atoms with Crippen LogP contribution in [0.1, 0.15) is 71.1 Å². The summed E-state index contributed by atoms with van der Waals surface area (Å²) in [6.07, 6.45) is 8.70. The highest BCUT2D eigenvalue weighted by Gasteiger charge is 2.21. The van der Waals surface area contributed by atoms with Crippen LogP contribution in [0.25, 0.3) is 0 Å². The third kappa shape index (κ3) is 9.85. The van der Waals surface area contributed by atoms with Gasteiger partial charge in [-0.3, -0.25) is 4.55 Å². The second-order valence-corrected chi connectivity index (χ2v) is 6.61. The van der Waals surface area contributed by atoms with Crippen molar-refractivity contribution in [3.8, 4) is 0 Å². The lowest BCUT2D eigenvalue weighted by Crippen LogP contribution is -2.20. The van der Waals surface area contributed by atoms with E-state index in [9.17, 15) is 8.42 Å². The van der Waals surface area contributed by atoms with Gasteiger partial charge in [0.25, 0.3) is 10.1 Å². The monoisotopic (exact) mass is 280 g/mol. The molecule has 0 rings (SSSR count). The average molecular weight is 280 g/mol. The molecule has 1 atom stereocenters. The van der Waals surface area contributed by atoms with Crippen molar-refractivity contribution in [2.24, 2.45) is 0 Å². The highest BCUT2D eigenvalue weighted by molar-refractivity contribution is 7.86. The van der Waals surface area contributed by atoms with E-state index in [1.807, 2.05) is 0 Å². The van der Waals surface area contributed by atoms with Crippen LogP contribution in [-0.2, 0) is 10.1 Å². The SMILES string of the molecule is CCCCCC(CCCCCCCO)S(=O)(=O)O. The molecule has 5 heteroatoms. The maximum Gasteiger partial charge on any atom is 0.267 e. The molecule has 0 aliphatic carbocycles. The van der Waals surface area contributed by atoms with E-state index in [0.29, 0.717) is 12.8 Å². The smallest absolute Gasteiger partial charge is 0.267 e. The molecule has 0 aliphatic rings. The lowest BCUT2D eigenvalue weighted by atomic mass is 10.1. The topological polar surface area (TPSA) is 74.6 Å². The standard InChI is InChI=1S/C13H28O4S/c1-2-3-7-10-13(18(15,16)17)11-8-5-4-6-9-12-14/h13-14H,2-12H2,1H3,(H,15,16,17). The van der Waals surface area contributed by atoms with Gasteiger partial charge in [0.1, 0.15) is 0 Å². The van der Waals surface area contributed by atoms with Crippen molar-refractivity contribution in [1.82, 2.24) is 0 Å². The summed E-state index contributed by atoms with van der Waals surface area (Å²) in [5.41, 5.74) is 0. The molecule has 0 saturated carbocycles. The fourth-order valence-corrected chi connectivity index (χ4v) is 3.01. The summed E-state index contributed by atoms with van der Waals surface area (Å²) in [6, 6.07) is 0. The van der Waals surface area contributed by atoms with Crippen LogP contribution in [0.2, 0.25) is 0 Å². The minimum absolute atomic E-state index is 0.227.